The summed E-state index contributed by atoms with van der Waals surface area (Å²) in [6, 6.07) is 1.88. The summed E-state index contributed by atoms with van der Waals surface area (Å²) in [6.07, 6.45) is 3.81. The second-order valence-corrected chi connectivity index (χ2v) is 7.12. The van der Waals surface area contributed by atoms with E-state index in [4.69, 9.17) is 23.2 Å². The number of hydrogen-bond acceptors (Lipinski definition) is 2. The number of piperidine rings is 1. The van der Waals surface area contributed by atoms with Gasteiger partial charge >= 0.3 is 0 Å². The van der Waals surface area contributed by atoms with Crippen LogP contribution in [0, 0.1) is 5.92 Å². The van der Waals surface area contributed by atoms with Gasteiger partial charge < -0.3 is 20.1 Å². The summed E-state index contributed by atoms with van der Waals surface area (Å²) in [5.74, 6) is 1.64. The van der Waals surface area contributed by atoms with E-state index in [1.54, 1.807) is 7.05 Å². The third-order valence-electron chi connectivity index (χ3n) is 4.88. The van der Waals surface area contributed by atoms with E-state index in [0.717, 1.165) is 24.1 Å². The number of rotatable bonds is 6. The molecule has 0 spiro atoms. The van der Waals surface area contributed by atoms with Gasteiger partial charge in [0.25, 0.3) is 0 Å². The highest BCUT2D eigenvalue weighted by molar-refractivity contribution is 6.41. The van der Waals surface area contributed by atoms with Crippen LogP contribution in [0.3, 0.4) is 0 Å². The lowest BCUT2D eigenvalue weighted by atomic mass is 9.93. The van der Waals surface area contributed by atoms with Gasteiger partial charge in [0, 0.05) is 26.3 Å². The van der Waals surface area contributed by atoms with Crippen LogP contribution in [-0.2, 0) is 13.6 Å². The molecule has 2 heterocycles. The first kappa shape index (κ1) is 19.4. The Morgan fingerprint density at radius 2 is 2.00 bits per heavy atom. The molecule has 1 aliphatic heterocycles. The maximum atomic E-state index is 6.09. The number of halogens is 2. The Kier molecular flexibility index (Phi) is 7.72. The molecule has 0 atom stereocenters. The lowest BCUT2D eigenvalue weighted by Gasteiger charge is -2.31. The minimum absolute atomic E-state index is 0.565. The zero-order valence-electron chi connectivity index (χ0n) is 14.9. The molecule has 5 nitrogen and oxygen atoms in total. The molecule has 0 radical (unpaired) electrons. The fraction of sp³-hybridized carbons (Fsp3) is 0.706. The van der Waals surface area contributed by atoms with Crippen molar-refractivity contribution in [1.29, 1.82) is 0 Å². The molecule has 0 unspecified atom stereocenters. The van der Waals surface area contributed by atoms with Crippen LogP contribution in [0.2, 0.25) is 10.2 Å². The molecule has 1 saturated heterocycles. The summed E-state index contributed by atoms with van der Waals surface area (Å²) in [5, 5.41) is 7.86. The zero-order valence-corrected chi connectivity index (χ0v) is 16.4. The number of guanidine groups is 1. The number of aromatic nitrogens is 1. The molecule has 136 valence electrons. The van der Waals surface area contributed by atoms with E-state index < -0.39 is 0 Å². The number of nitrogens with one attached hydrogen (secondary N) is 2. The Hall–Kier alpha value is -0.910. The van der Waals surface area contributed by atoms with Crippen LogP contribution < -0.4 is 10.6 Å². The summed E-state index contributed by atoms with van der Waals surface area (Å²) in [7, 11) is 3.70. The number of likely N-dealkylation sites (tertiary alicyclic amines) is 1. The fourth-order valence-corrected chi connectivity index (χ4v) is 3.56. The topological polar surface area (TPSA) is 44.6 Å². The van der Waals surface area contributed by atoms with E-state index in [2.05, 4.69) is 27.4 Å². The molecule has 2 rings (SSSR count). The first-order valence-electron chi connectivity index (χ1n) is 8.71. The Morgan fingerprint density at radius 3 is 2.54 bits per heavy atom. The third kappa shape index (κ3) is 5.30. The van der Waals surface area contributed by atoms with Crippen molar-refractivity contribution in [1.82, 2.24) is 20.1 Å². The summed E-state index contributed by atoms with van der Waals surface area (Å²) in [6.45, 7) is 7.48. The molecule has 2 N–H and O–H groups in total. The minimum Gasteiger partial charge on any atom is -0.356 e. The van der Waals surface area contributed by atoms with E-state index in [1.807, 2.05) is 17.7 Å². The highest BCUT2D eigenvalue weighted by Crippen LogP contribution is 2.25. The van der Waals surface area contributed by atoms with Crippen LogP contribution in [-0.4, -0.2) is 48.7 Å². The zero-order chi connectivity index (χ0) is 17.5. The summed E-state index contributed by atoms with van der Waals surface area (Å²) in [4.78, 5) is 6.81. The van der Waals surface area contributed by atoms with Crippen LogP contribution in [0.15, 0.2) is 11.1 Å². The number of nitrogens with zero attached hydrogens (tertiary/aromatic N) is 3. The molecule has 0 aromatic carbocycles. The highest BCUT2D eigenvalue weighted by Gasteiger charge is 2.17. The largest absolute Gasteiger partial charge is 0.356 e. The standard InChI is InChI=1S/C17H29Cl2N5/c1-4-24-9-6-13(7-10-24)5-8-21-17(20-2)22-12-14-11-15(18)16(19)23(14)3/h11,13H,4-10,12H2,1-3H3,(H2,20,21,22). The Bertz CT molecular complexity index is 547. The van der Waals surface area contributed by atoms with Crippen LogP contribution in [0.25, 0.3) is 0 Å². The third-order valence-corrected chi connectivity index (χ3v) is 5.72. The monoisotopic (exact) mass is 373 g/mol. The van der Waals surface area contributed by atoms with Gasteiger partial charge in [-0.1, -0.05) is 30.1 Å². The van der Waals surface area contributed by atoms with Crippen molar-refractivity contribution in [3.8, 4) is 0 Å². The SMILES string of the molecule is CCN1CCC(CCNC(=NC)NCc2cc(Cl)c(Cl)n2C)CC1. The second kappa shape index (κ2) is 9.54. The predicted molar refractivity (Wildman–Crippen MR) is 103 cm³/mol. The van der Waals surface area contributed by atoms with Gasteiger partial charge in [0.15, 0.2) is 5.96 Å². The fourth-order valence-electron chi connectivity index (χ4n) is 3.14. The van der Waals surface area contributed by atoms with Crippen molar-refractivity contribution >= 4 is 29.2 Å². The van der Waals surface area contributed by atoms with Crippen molar-refractivity contribution in [2.45, 2.75) is 32.7 Å². The average Bonchev–Trinajstić information content (AvgIpc) is 2.85. The van der Waals surface area contributed by atoms with Crippen LogP contribution in [0.4, 0.5) is 0 Å². The minimum atomic E-state index is 0.565. The van der Waals surface area contributed by atoms with Crippen LogP contribution in [0.5, 0.6) is 0 Å². The number of hydrogen-bond donors (Lipinski definition) is 2. The van der Waals surface area contributed by atoms with E-state index in [1.165, 1.54) is 38.9 Å². The molecule has 1 fully saturated rings. The molecular formula is C17H29Cl2N5. The van der Waals surface area contributed by atoms with E-state index >= 15 is 0 Å². The quantitative estimate of drug-likeness (QED) is 0.594. The molecule has 0 amide bonds. The molecule has 1 aromatic heterocycles. The van der Waals surface area contributed by atoms with Crippen LogP contribution in [0.1, 0.15) is 31.9 Å². The van der Waals surface area contributed by atoms with Gasteiger partial charge in [0.05, 0.1) is 11.6 Å². The molecule has 7 heteroatoms. The van der Waals surface area contributed by atoms with Gasteiger partial charge in [0.2, 0.25) is 0 Å². The maximum absolute atomic E-state index is 6.09. The predicted octanol–water partition coefficient (Wildman–Crippen LogP) is 3.12. The Morgan fingerprint density at radius 1 is 1.29 bits per heavy atom. The lowest BCUT2D eigenvalue weighted by molar-refractivity contribution is 0.187. The van der Waals surface area contributed by atoms with Gasteiger partial charge in [-0.3, -0.25) is 4.99 Å². The Balaban J connectivity index is 1.70. The molecule has 0 bridgehead atoms. The van der Waals surface area contributed by atoms with Gasteiger partial charge in [-0.25, -0.2) is 0 Å². The summed E-state index contributed by atoms with van der Waals surface area (Å²) in [5.41, 5.74) is 1.03. The molecule has 1 aliphatic rings. The normalized spacial score (nSPS) is 17.3. The van der Waals surface area contributed by atoms with Crippen LogP contribution >= 0.6 is 23.2 Å². The average molecular weight is 374 g/mol. The van der Waals surface area contributed by atoms with Gasteiger partial charge in [-0.2, -0.15) is 0 Å². The van der Waals surface area contributed by atoms with Gasteiger partial charge in [-0.15, -0.1) is 0 Å². The van der Waals surface area contributed by atoms with Crippen molar-refractivity contribution in [3.63, 3.8) is 0 Å². The first-order valence-corrected chi connectivity index (χ1v) is 9.47. The molecule has 0 saturated carbocycles. The maximum Gasteiger partial charge on any atom is 0.191 e. The smallest absolute Gasteiger partial charge is 0.191 e. The Labute approximate surface area is 155 Å². The number of aliphatic imine (C=N–C) groups is 1. The van der Waals surface area contributed by atoms with Crippen molar-refractivity contribution in [3.05, 3.63) is 21.9 Å². The molecule has 24 heavy (non-hydrogen) atoms. The van der Waals surface area contributed by atoms with Gasteiger partial charge in [-0.05, 0) is 50.9 Å². The first-order chi connectivity index (χ1) is 11.5. The van der Waals surface area contributed by atoms with Crippen molar-refractivity contribution < 1.29 is 0 Å². The second-order valence-electron chi connectivity index (χ2n) is 6.35. The summed E-state index contributed by atoms with van der Waals surface area (Å²) < 4.78 is 1.88. The molecule has 1 aromatic rings. The summed E-state index contributed by atoms with van der Waals surface area (Å²) >= 11 is 12.1. The molecule has 0 aliphatic carbocycles. The van der Waals surface area contributed by atoms with E-state index in [9.17, 15) is 0 Å². The van der Waals surface area contributed by atoms with Crippen molar-refractivity contribution in [2.75, 3.05) is 33.2 Å². The van der Waals surface area contributed by atoms with E-state index in [0.29, 0.717) is 16.7 Å². The molecular weight excluding hydrogens is 345 g/mol. The van der Waals surface area contributed by atoms with Crippen molar-refractivity contribution in [2.24, 2.45) is 18.0 Å². The highest BCUT2D eigenvalue weighted by atomic mass is 35.5. The lowest BCUT2D eigenvalue weighted by Crippen LogP contribution is -2.39. The van der Waals surface area contributed by atoms with Gasteiger partial charge in [0.1, 0.15) is 5.15 Å². The van der Waals surface area contributed by atoms with E-state index in [-0.39, 0.29) is 0 Å².